The first-order chi connectivity index (χ1) is 9.27. The second kappa shape index (κ2) is 5.61. The number of anilines is 2. The summed E-state index contributed by atoms with van der Waals surface area (Å²) in [5.74, 6) is -0.566. The monoisotopic (exact) mass is 367 g/mol. The number of alkyl halides is 3. The van der Waals surface area contributed by atoms with Crippen molar-refractivity contribution >= 4 is 38.9 Å². The molecule has 0 spiro atoms. The molecule has 20 heavy (non-hydrogen) atoms. The summed E-state index contributed by atoms with van der Waals surface area (Å²) < 4.78 is 50.8. The van der Waals surface area contributed by atoms with E-state index in [0.29, 0.717) is 11.4 Å². The van der Waals surface area contributed by atoms with E-state index in [0.717, 1.165) is 12.1 Å². The molecule has 0 unspecified atom stereocenters. The van der Waals surface area contributed by atoms with Crippen LogP contribution < -0.4 is 5.32 Å². The molecular weight excluding hydrogens is 361 g/mol. The number of rotatable bonds is 2. The Kier molecular flexibility index (Phi) is 4.25. The molecule has 0 atom stereocenters. The van der Waals surface area contributed by atoms with Crippen LogP contribution in [0.3, 0.4) is 0 Å². The zero-order chi connectivity index (χ0) is 14.9. The summed E-state index contributed by atoms with van der Waals surface area (Å²) in [4.78, 5) is 0. The first kappa shape index (κ1) is 15.1. The summed E-state index contributed by atoms with van der Waals surface area (Å²) in [6.07, 6.45) is -4.40. The Morgan fingerprint density at radius 1 is 1.05 bits per heavy atom. The SMILES string of the molecule is Fc1ccc(Nc2ccc(C(F)(F)F)cc2Br)cc1Cl. The molecular formula is C13H7BrClF4N. The van der Waals surface area contributed by atoms with Crippen molar-refractivity contribution in [3.05, 3.63) is 57.3 Å². The molecule has 0 bridgehead atoms. The summed E-state index contributed by atoms with van der Waals surface area (Å²) in [5.41, 5.74) is 0.129. The standard InChI is InChI=1S/C13H7BrClF4N/c14-9-5-7(13(17,18)19)1-4-12(9)20-8-2-3-11(16)10(15)6-8/h1-6,20H. The maximum Gasteiger partial charge on any atom is 0.416 e. The molecule has 0 aromatic heterocycles. The second-order valence-electron chi connectivity index (χ2n) is 3.95. The predicted molar refractivity (Wildman–Crippen MR) is 73.8 cm³/mol. The average molecular weight is 369 g/mol. The molecule has 7 heteroatoms. The Labute approximate surface area is 125 Å². The van der Waals surface area contributed by atoms with Crippen molar-refractivity contribution in [1.29, 1.82) is 0 Å². The molecule has 0 aliphatic carbocycles. The van der Waals surface area contributed by atoms with Gasteiger partial charge in [0.25, 0.3) is 0 Å². The highest BCUT2D eigenvalue weighted by Gasteiger charge is 2.30. The second-order valence-corrected chi connectivity index (χ2v) is 5.21. The van der Waals surface area contributed by atoms with Gasteiger partial charge in [-0.25, -0.2) is 4.39 Å². The van der Waals surface area contributed by atoms with Crippen molar-refractivity contribution in [2.75, 3.05) is 5.32 Å². The molecule has 0 aliphatic rings. The topological polar surface area (TPSA) is 12.0 Å². The van der Waals surface area contributed by atoms with Gasteiger partial charge in [-0.05, 0) is 52.3 Å². The van der Waals surface area contributed by atoms with Crippen LogP contribution in [-0.4, -0.2) is 0 Å². The fraction of sp³-hybridized carbons (Fsp3) is 0.0769. The lowest BCUT2D eigenvalue weighted by Gasteiger charge is -2.12. The molecule has 2 aromatic carbocycles. The Balaban J connectivity index is 2.28. The van der Waals surface area contributed by atoms with Crippen LogP contribution in [0.5, 0.6) is 0 Å². The van der Waals surface area contributed by atoms with Crippen LogP contribution in [0.15, 0.2) is 40.9 Å². The van der Waals surface area contributed by atoms with E-state index in [-0.39, 0.29) is 9.50 Å². The minimum Gasteiger partial charge on any atom is -0.355 e. The summed E-state index contributed by atoms with van der Waals surface area (Å²) in [5, 5.41) is 2.78. The minimum absolute atomic E-state index is 0.0713. The van der Waals surface area contributed by atoms with E-state index < -0.39 is 17.6 Å². The highest BCUT2D eigenvalue weighted by Crippen LogP contribution is 2.35. The van der Waals surface area contributed by atoms with E-state index in [1.54, 1.807) is 0 Å². The van der Waals surface area contributed by atoms with Crippen molar-refractivity contribution in [3.63, 3.8) is 0 Å². The first-order valence-corrected chi connectivity index (χ1v) is 6.53. The Morgan fingerprint density at radius 3 is 2.30 bits per heavy atom. The van der Waals surface area contributed by atoms with Crippen molar-refractivity contribution in [3.8, 4) is 0 Å². The molecule has 2 rings (SSSR count). The van der Waals surface area contributed by atoms with E-state index in [1.807, 2.05) is 0 Å². The van der Waals surface area contributed by atoms with E-state index in [1.165, 1.54) is 24.3 Å². The van der Waals surface area contributed by atoms with Gasteiger partial charge in [-0.3, -0.25) is 0 Å². The number of benzene rings is 2. The van der Waals surface area contributed by atoms with Gasteiger partial charge >= 0.3 is 6.18 Å². The van der Waals surface area contributed by atoms with Gasteiger partial charge in [0, 0.05) is 10.2 Å². The van der Waals surface area contributed by atoms with Crippen molar-refractivity contribution < 1.29 is 17.6 Å². The normalized spacial score (nSPS) is 11.5. The molecule has 0 aliphatic heterocycles. The third-order valence-electron chi connectivity index (χ3n) is 2.50. The van der Waals surface area contributed by atoms with Crippen LogP contribution in [0.4, 0.5) is 28.9 Å². The maximum atomic E-state index is 13.0. The van der Waals surface area contributed by atoms with Crippen LogP contribution in [0.2, 0.25) is 5.02 Å². The van der Waals surface area contributed by atoms with Crippen LogP contribution in [0.1, 0.15) is 5.56 Å². The molecule has 0 heterocycles. The summed E-state index contributed by atoms with van der Waals surface area (Å²) in [6.45, 7) is 0. The van der Waals surface area contributed by atoms with Gasteiger partial charge in [-0.1, -0.05) is 11.6 Å². The van der Waals surface area contributed by atoms with Gasteiger partial charge in [-0.2, -0.15) is 13.2 Å². The smallest absolute Gasteiger partial charge is 0.355 e. The highest BCUT2D eigenvalue weighted by molar-refractivity contribution is 9.10. The molecule has 1 N–H and O–H groups in total. The lowest BCUT2D eigenvalue weighted by Crippen LogP contribution is -2.05. The van der Waals surface area contributed by atoms with E-state index in [2.05, 4.69) is 21.2 Å². The molecule has 0 saturated heterocycles. The lowest BCUT2D eigenvalue weighted by atomic mass is 10.2. The van der Waals surface area contributed by atoms with Crippen LogP contribution >= 0.6 is 27.5 Å². The third-order valence-corrected chi connectivity index (χ3v) is 3.44. The predicted octanol–water partition coefficient (Wildman–Crippen LogP) is 6.00. The van der Waals surface area contributed by atoms with Gasteiger partial charge in [-0.15, -0.1) is 0 Å². The van der Waals surface area contributed by atoms with Gasteiger partial charge in [0.15, 0.2) is 0 Å². The molecule has 106 valence electrons. The fourth-order valence-corrected chi connectivity index (χ4v) is 2.18. The van der Waals surface area contributed by atoms with Crippen molar-refractivity contribution in [1.82, 2.24) is 0 Å². The van der Waals surface area contributed by atoms with E-state index in [4.69, 9.17) is 11.6 Å². The van der Waals surface area contributed by atoms with Crippen molar-refractivity contribution in [2.45, 2.75) is 6.18 Å². The molecule has 2 aromatic rings. The summed E-state index contributed by atoms with van der Waals surface area (Å²) in [7, 11) is 0. The maximum absolute atomic E-state index is 13.0. The first-order valence-electron chi connectivity index (χ1n) is 5.36. The number of hydrogen-bond donors (Lipinski definition) is 1. The summed E-state index contributed by atoms with van der Waals surface area (Å²) in [6, 6.07) is 7.16. The molecule has 0 radical (unpaired) electrons. The Bertz CT molecular complexity index is 643. The quantitative estimate of drug-likeness (QED) is 0.641. The molecule has 1 nitrogen and oxygen atoms in total. The molecule has 0 fully saturated rings. The zero-order valence-electron chi connectivity index (χ0n) is 9.73. The van der Waals surface area contributed by atoms with Crippen molar-refractivity contribution in [2.24, 2.45) is 0 Å². The Hall–Kier alpha value is -1.27. The van der Waals surface area contributed by atoms with Gasteiger partial charge in [0.05, 0.1) is 16.3 Å². The van der Waals surface area contributed by atoms with Crippen LogP contribution in [-0.2, 0) is 6.18 Å². The van der Waals surface area contributed by atoms with Gasteiger partial charge in [0.2, 0.25) is 0 Å². The highest BCUT2D eigenvalue weighted by atomic mass is 79.9. The van der Waals surface area contributed by atoms with Crippen LogP contribution in [0, 0.1) is 5.82 Å². The van der Waals surface area contributed by atoms with E-state index >= 15 is 0 Å². The summed E-state index contributed by atoms with van der Waals surface area (Å²) >= 11 is 8.69. The molecule has 0 amide bonds. The largest absolute Gasteiger partial charge is 0.416 e. The minimum atomic E-state index is -4.40. The van der Waals surface area contributed by atoms with Gasteiger partial charge < -0.3 is 5.32 Å². The number of hydrogen-bond acceptors (Lipinski definition) is 1. The molecule has 0 saturated carbocycles. The van der Waals surface area contributed by atoms with Gasteiger partial charge in [0.1, 0.15) is 5.82 Å². The lowest BCUT2D eigenvalue weighted by molar-refractivity contribution is -0.137. The number of halogens is 6. The zero-order valence-corrected chi connectivity index (χ0v) is 12.1. The third kappa shape index (κ3) is 3.43. The number of nitrogens with one attached hydrogen (secondary N) is 1. The van der Waals surface area contributed by atoms with E-state index in [9.17, 15) is 17.6 Å². The fourth-order valence-electron chi connectivity index (χ4n) is 1.52. The Morgan fingerprint density at radius 2 is 1.75 bits per heavy atom. The average Bonchev–Trinajstić information content (AvgIpc) is 2.35. The van der Waals surface area contributed by atoms with Crippen LogP contribution in [0.25, 0.3) is 0 Å².